The zero-order valence-electron chi connectivity index (χ0n) is 13.7. The fourth-order valence-electron chi connectivity index (χ4n) is 4.03. The molecule has 2 aliphatic rings. The number of aliphatic carboxylic acids is 1. The van der Waals surface area contributed by atoms with Crippen LogP contribution in [0.25, 0.3) is 0 Å². The van der Waals surface area contributed by atoms with Crippen LogP contribution in [0.5, 0.6) is 0 Å². The highest BCUT2D eigenvalue weighted by atomic mass is 16.4. The number of carbonyl (C=O) groups is 2. The molecule has 0 unspecified atom stereocenters. The molecule has 1 aliphatic heterocycles. The van der Waals surface area contributed by atoms with Crippen LogP contribution in [0, 0.1) is 22.7 Å². The number of hydrogen-bond donors (Lipinski definition) is 1. The zero-order valence-corrected chi connectivity index (χ0v) is 13.7. The van der Waals surface area contributed by atoms with Gasteiger partial charge in [0.2, 0.25) is 0 Å². The van der Waals surface area contributed by atoms with Gasteiger partial charge < -0.3 is 10.0 Å². The summed E-state index contributed by atoms with van der Waals surface area (Å²) in [6.07, 6.45) is 5.37. The molecule has 1 aromatic carbocycles. The Balaban J connectivity index is 1.58. The molecule has 1 heterocycles. The fraction of sp³-hybridized carbons (Fsp3) is 0.526. The van der Waals surface area contributed by atoms with Crippen molar-refractivity contribution >= 4 is 11.9 Å². The number of rotatable bonds is 2. The Kier molecular flexibility index (Phi) is 4.57. The minimum Gasteiger partial charge on any atom is -0.481 e. The van der Waals surface area contributed by atoms with Gasteiger partial charge in [0.15, 0.2) is 0 Å². The summed E-state index contributed by atoms with van der Waals surface area (Å²) in [7, 11) is 0. The molecule has 1 saturated heterocycles. The molecule has 3 rings (SSSR count). The van der Waals surface area contributed by atoms with Crippen LogP contribution in [0.15, 0.2) is 24.3 Å². The summed E-state index contributed by atoms with van der Waals surface area (Å²) in [5.41, 5.74) is 1.41. The average molecular weight is 326 g/mol. The number of piperidine rings is 1. The van der Waals surface area contributed by atoms with Crippen LogP contribution < -0.4 is 0 Å². The number of carbonyl (C=O) groups excluding carboxylic acids is 1. The smallest absolute Gasteiger partial charge is 0.306 e. The van der Waals surface area contributed by atoms with E-state index in [9.17, 15) is 9.59 Å². The molecule has 5 nitrogen and oxygen atoms in total. The van der Waals surface area contributed by atoms with E-state index in [1.807, 2.05) is 4.90 Å². The van der Waals surface area contributed by atoms with E-state index in [0.717, 1.165) is 51.6 Å². The zero-order chi connectivity index (χ0) is 17.2. The molecule has 24 heavy (non-hydrogen) atoms. The molecule has 2 fully saturated rings. The van der Waals surface area contributed by atoms with Crippen LogP contribution >= 0.6 is 0 Å². The molecular weight excluding hydrogens is 304 g/mol. The maximum atomic E-state index is 12.6. The van der Waals surface area contributed by atoms with Gasteiger partial charge in [-0.3, -0.25) is 9.59 Å². The van der Waals surface area contributed by atoms with Crippen molar-refractivity contribution in [2.24, 2.45) is 11.3 Å². The number of nitrogens with zero attached hydrogens (tertiary/aromatic N) is 2. The third kappa shape index (κ3) is 3.28. The molecule has 1 N–H and O–H groups in total. The minimum absolute atomic E-state index is 0.0218. The molecule has 1 aliphatic carbocycles. The van der Waals surface area contributed by atoms with Crippen molar-refractivity contribution in [2.75, 3.05) is 13.1 Å². The molecule has 0 radical (unpaired) electrons. The number of likely N-dealkylation sites (tertiary alicyclic amines) is 1. The summed E-state index contributed by atoms with van der Waals surface area (Å²) < 4.78 is 0. The number of benzene rings is 1. The van der Waals surface area contributed by atoms with Gasteiger partial charge >= 0.3 is 5.97 Å². The lowest BCUT2D eigenvalue weighted by Crippen LogP contribution is -2.45. The van der Waals surface area contributed by atoms with Gasteiger partial charge in [-0.05, 0) is 68.2 Å². The maximum Gasteiger partial charge on any atom is 0.306 e. The predicted octanol–water partition coefficient (Wildman–Crippen LogP) is 3.06. The Morgan fingerprint density at radius 1 is 1.08 bits per heavy atom. The van der Waals surface area contributed by atoms with Gasteiger partial charge in [-0.1, -0.05) is 0 Å². The van der Waals surface area contributed by atoms with E-state index in [2.05, 4.69) is 6.07 Å². The first kappa shape index (κ1) is 16.5. The van der Waals surface area contributed by atoms with Crippen LogP contribution in [0.2, 0.25) is 0 Å². The SMILES string of the molecule is N#Cc1ccc(C(=O)N2CCC3(CCC(C(=O)O)CC3)CC2)cc1. The minimum atomic E-state index is -0.668. The summed E-state index contributed by atoms with van der Waals surface area (Å²) in [6, 6.07) is 8.82. The lowest BCUT2D eigenvalue weighted by atomic mass is 9.65. The monoisotopic (exact) mass is 326 g/mol. The molecule has 126 valence electrons. The summed E-state index contributed by atoms with van der Waals surface area (Å²) >= 11 is 0. The number of carboxylic acids is 1. The van der Waals surface area contributed by atoms with Gasteiger partial charge in [0.05, 0.1) is 17.6 Å². The highest BCUT2D eigenvalue weighted by Crippen LogP contribution is 2.46. The first-order valence-electron chi connectivity index (χ1n) is 8.55. The summed E-state index contributed by atoms with van der Waals surface area (Å²) in [5, 5.41) is 18.0. The Morgan fingerprint density at radius 2 is 1.67 bits per heavy atom. The van der Waals surface area contributed by atoms with E-state index in [4.69, 9.17) is 10.4 Å². The van der Waals surface area contributed by atoms with Crippen LogP contribution in [0.1, 0.15) is 54.4 Å². The molecular formula is C19H22N2O3. The highest BCUT2D eigenvalue weighted by molar-refractivity contribution is 5.94. The van der Waals surface area contributed by atoms with Crippen molar-refractivity contribution in [2.45, 2.75) is 38.5 Å². The van der Waals surface area contributed by atoms with Crippen molar-refractivity contribution in [3.05, 3.63) is 35.4 Å². The molecule has 0 atom stereocenters. The van der Waals surface area contributed by atoms with E-state index in [1.165, 1.54) is 0 Å². The normalized spacial score (nSPS) is 20.5. The van der Waals surface area contributed by atoms with Crippen molar-refractivity contribution < 1.29 is 14.7 Å². The second kappa shape index (κ2) is 6.64. The Hall–Kier alpha value is -2.35. The second-order valence-corrected chi connectivity index (χ2v) is 7.09. The quantitative estimate of drug-likeness (QED) is 0.905. The third-order valence-corrected chi connectivity index (χ3v) is 5.77. The van der Waals surface area contributed by atoms with Gasteiger partial charge in [0, 0.05) is 18.7 Å². The maximum absolute atomic E-state index is 12.6. The summed E-state index contributed by atoms with van der Waals surface area (Å²) in [5.74, 6) is -0.833. The van der Waals surface area contributed by atoms with Gasteiger partial charge in [-0.25, -0.2) is 0 Å². The average Bonchev–Trinajstić information content (AvgIpc) is 2.62. The first-order chi connectivity index (χ1) is 11.5. The Labute approximate surface area is 141 Å². The molecule has 5 heteroatoms. The van der Waals surface area contributed by atoms with Crippen molar-refractivity contribution in [1.82, 2.24) is 4.90 Å². The Morgan fingerprint density at radius 3 is 2.17 bits per heavy atom. The van der Waals surface area contributed by atoms with E-state index in [1.54, 1.807) is 24.3 Å². The van der Waals surface area contributed by atoms with Gasteiger partial charge in [-0.2, -0.15) is 5.26 Å². The molecule has 1 spiro atoms. The summed E-state index contributed by atoms with van der Waals surface area (Å²) in [4.78, 5) is 25.6. The summed E-state index contributed by atoms with van der Waals surface area (Å²) in [6.45, 7) is 1.47. The van der Waals surface area contributed by atoms with Gasteiger partial charge in [0.25, 0.3) is 5.91 Å². The van der Waals surface area contributed by atoms with Crippen molar-refractivity contribution in [3.8, 4) is 6.07 Å². The first-order valence-corrected chi connectivity index (χ1v) is 8.55. The largest absolute Gasteiger partial charge is 0.481 e. The van der Waals surface area contributed by atoms with Crippen molar-refractivity contribution in [1.29, 1.82) is 5.26 Å². The fourth-order valence-corrected chi connectivity index (χ4v) is 4.03. The number of hydrogen-bond acceptors (Lipinski definition) is 3. The number of carboxylic acid groups (broad SMARTS) is 1. The van der Waals surface area contributed by atoms with Crippen LogP contribution in [0.4, 0.5) is 0 Å². The van der Waals surface area contributed by atoms with Crippen LogP contribution in [-0.2, 0) is 4.79 Å². The van der Waals surface area contributed by atoms with E-state index in [-0.39, 0.29) is 17.2 Å². The molecule has 1 saturated carbocycles. The molecule has 0 aromatic heterocycles. The molecule has 0 bridgehead atoms. The van der Waals surface area contributed by atoms with E-state index >= 15 is 0 Å². The Bertz CT molecular complexity index is 657. The van der Waals surface area contributed by atoms with Gasteiger partial charge in [-0.15, -0.1) is 0 Å². The predicted molar refractivity (Wildman–Crippen MR) is 88.3 cm³/mol. The lowest BCUT2D eigenvalue weighted by molar-refractivity contribution is -0.143. The topological polar surface area (TPSA) is 81.4 Å². The van der Waals surface area contributed by atoms with E-state index in [0.29, 0.717) is 11.1 Å². The second-order valence-electron chi connectivity index (χ2n) is 7.09. The standard InChI is InChI=1S/C19H22N2O3/c20-13-14-1-3-15(4-2-14)17(22)21-11-9-19(10-12-21)7-5-16(6-8-19)18(23)24/h1-4,16H,5-12H2,(H,23,24). The molecule has 1 amide bonds. The van der Waals surface area contributed by atoms with Gasteiger partial charge in [0.1, 0.15) is 0 Å². The third-order valence-electron chi connectivity index (χ3n) is 5.77. The molecule has 1 aromatic rings. The van der Waals surface area contributed by atoms with Crippen molar-refractivity contribution in [3.63, 3.8) is 0 Å². The highest BCUT2D eigenvalue weighted by Gasteiger charge is 2.40. The van der Waals surface area contributed by atoms with E-state index < -0.39 is 5.97 Å². The number of nitriles is 1. The number of amides is 1. The van der Waals surface area contributed by atoms with Crippen LogP contribution in [0.3, 0.4) is 0 Å². The lowest BCUT2D eigenvalue weighted by Gasteiger charge is -2.45. The van der Waals surface area contributed by atoms with Crippen LogP contribution in [-0.4, -0.2) is 35.0 Å².